The molecule has 3 aromatic rings. The van der Waals surface area contributed by atoms with Crippen molar-refractivity contribution in [3.8, 4) is 0 Å². The number of halogens is 1. The lowest BCUT2D eigenvalue weighted by Crippen LogP contribution is -2.47. The van der Waals surface area contributed by atoms with Crippen LogP contribution in [0.25, 0.3) is 0 Å². The van der Waals surface area contributed by atoms with Gasteiger partial charge in [0.05, 0.1) is 0 Å². The van der Waals surface area contributed by atoms with Crippen molar-refractivity contribution < 1.29 is 4.39 Å². The van der Waals surface area contributed by atoms with Crippen LogP contribution in [0.1, 0.15) is 5.56 Å². The van der Waals surface area contributed by atoms with Crippen molar-refractivity contribution >= 4 is 17.5 Å². The topological polar surface area (TPSA) is 44.3 Å². The number of anilines is 3. The van der Waals surface area contributed by atoms with E-state index in [2.05, 4.69) is 49.4 Å². The minimum absolute atomic E-state index is 0.204. The van der Waals surface area contributed by atoms with Crippen LogP contribution in [0.2, 0.25) is 0 Å². The highest BCUT2D eigenvalue weighted by atomic mass is 19.1. The Kier molecular flexibility index (Phi) is 5.66. The third-order valence-corrected chi connectivity index (χ3v) is 4.96. The van der Waals surface area contributed by atoms with Crippen LogP contribution in [0.3, 0.4) is 0 Å². The molecule has 2 aromatic carbocycles. The van der Waals surface area contributed by atoms with Crippen molar-refractivity contribution in [2.45, 2.75) is 6.42 Å². The molecule has 1 fully saturated rings. The van der Waals surface area contributed by atoms with Crippen molar-refractivity contribution in [2.75, 3.05) is 47.8 Å². The summed E-state index contributed by atoms with van der Waals surface area (Å²) in [5.41, 5.74) is 2.36. The molecular formula is C22H24FN5. The summed E-state index contributed by atoms with van der Waals surface area (Å²) >= 11 is 0. The van der Waals surface area contributed by atoms with Gasteiger partial charge < -0.3 is 15.1 Å². The van der Waals surface area contributed by atoms with Gasteiger partial charge in [-0.1, -0.05) is 30.3 Å². The number of benzene rings is 2. The van der Waals surface area contributed by atoms with Gasteiger partial charge in [0, 0.05) is 44.6 Å². The van der Waals surface area contributed by atoms with Crippen molar-refractivity contribution in [3.63, 3.8) is 0 Å². The van der Waals surface area contributed by atoms with E-state index >= 15 is 0 Å². The zero-order valence-corrected chi connectivity index (χ0v) is 15.8. The Morgan fingerprint density at radius 1 is 0.857 bits per heavy atom. The molecule has 0 saturated carbocycles. The smallest absolute Gasteiger partial charge is 0.227 e. The first-order chi connectivity index (χ1) is 13.8. The summed E-state index contributed by atoms with van der Waals surface area (Å²) in [6.07, 6.45) is 2.61. The second-order valence-corrected chi connectivity index (χ2v) is 6.85. The molecule has 2 heterocycles. The molecule has 5 nitrogen and oxygen atoms in total. The minimum atomic E-state index is -0.204. The van der Waals surface area contributed by atoms with Crippen molar-refractivity contribution in [1.82, 2.24) is 9.97 Å². The highest BCUT2D eigenvalue weighted by Gasteiger charge is 2.19. The summed E-state index contributed by atoms with van der Waals surface area (Å²) < 4.78 is 13.0. The van der Waals surface area contributed by atoms with E-state index in [-0.39, 0.29) is 5.82 Å². The van der Waals surface area contributed by atoms with E-state index in [9.17, 15) is 4.39 Å². The molecule has 1 saturated heterocycles. The molecule has 1 aliphatic rings. The molecule has 0 amide bonds. The Hall–Kier alpha value is -3.15. The van der Waals surface area contributed by atoms with Gasteiger partial charge in [-0.15, -0.1) is 0 Å². The summed E-state index contributed by atoms with van der Waals surface area (Å²) in [5.74, 6) is 1.38. The van der Waals surface area contributed by atoms with Crippen LogP contribution < -0.4 is 15.1 Å². The minimum Gasteiger partial charge on any atom is -0.370 e. The second-order valence-electron chi connectivity index (χ2n) is 6.85. The highest BCUT2D eigenvalue weighted by molar-refractivity contribution is 5.49. The number of nitrogens with one attached hydrogen (secondary N) is 1. The van der Waals surface area contributed by atoms with Gasteiger partial charge in [0.1, 0.15) is 11.6 Å². The van der Waals surface area contributed by atoms with Gasteiger partial charge in [-0.25, -0.2) is 9.37 Å². The molecule has 144 valence electrons. The van der Waals surface area contributed by atoms with E-state index in [1.165, 1.54) is 17.8 Å². The lowest BCUT2D eigenvalue weighted by molar-refractivity contribution is 0.627. The lowest BCUT2D eigenvalue weighted by Gasteiger charge is -2.36. The summed E-state index contributed by atoms with van der Waals surface area (Å²) in [4.78, 5) is 13.7. The van der Waals surface area contributed by atoms with Crippen molar-refractivity contribution in [2.24, 2.45) is 0 Å². The molecule has 0 atom stereocenters. The number of rotatable bonds is 6. The van der Waals surface area contributed by atoms with Crippen LogP contribution in [0.5, 0.6) is 0 Å². The maximum atomic E-state index is 13.0. The summed E-state index contributed by atoms with van der Waals surface area (Å²) in [5, 5.41) is 3.34. The van der Waals surface area contributed by atoms with Crippen LogP contribution in [0.4, 0.5) is 21.8 Å². The van der Waals surface area contributed by atoms with Crippen LogP contribution >= 0.6 is 0 Å². The number of para-hydroxylation sites is 1. The molecular weight excluding hydrogens is 353 g/mol. The van der Waals surface area contributed by atoms with E-state index in [1.807, 2.05) is 24.3 Å². The molecule has 4 rings (SSSR count). The molecule has 1 N–H and O–H groups in total. The van der Waals surface area contributed by atoms with Gasteiger partial charge in [0.2, 0.25) is 5.95 Å². The Labute approximate surface area is 164 Å². The molecule has 0 bridgehead atoms. The van der Waals surface area contributed by atoms with Crippen LogP contribution in [0, 0.1) is 5.82 Å². The van der Waals surface area contributed by atoms with E-state index in [4.69, 9.17) is 0 Å². The average molecular weight is 377 g/mol. The number of hydrogen-bond acceptors (Lipinski definition) is 5. The van der Waals surface area contributed by atoms with Gasteiger partial charge >= 0.3 is 0 Å². The predicted molar refractivity (Wildman–Crippen MR) is 111 cm³/mol. The molecule has 1 aromatic heterocycles. The number of nitrogens with zero attached hydrogens (tertiary/aromatic N) is 4. The molecule has 6 heteroatoms. The molecule has 0 aliphatic carbocycles. The van der Waals surface area contributed by atoms with Crippen LogP contribution in [-0.2, 0) is 6.42 Å². The fourth-order valence-corrected chi connectivity index (χ4v) is 3.39. The van der Waals surface area contributed by atoms with E-state index < -0.39 is 0 Å². The standard InChI is InChI=1S/C22H24FN5/c23-19-8-6-18(7-9-19)10-12-24-21-11-13-25-22(26-21)28-16-14-27(15-17-28)20-4-2-1-3-5-20/h1-9,11,13H,10,12,14-17H2,(H,24,25,26). The Bertz CT molecular complexity index is 877. The fourth-order valence-electron chi connectivity index (χ4n) is 3.39. The normalized spacial score (nSPS) is 14.2. The summed E-state index contributed by atoms with van der Waals surface area (Å²) in [7, 11) is 0. The average Bonchev–Trinajstić information content (AvgIpc) is 2.76. The van der Waals surface area contributed by atoms with E-state index in [0.29, 0.717) is 0 Å². The Morgan fingerprint density at radius 2 is 1.57 bits per heavy atom. The first-order valence-electron chi connectivity index (χ1n) is 9.64. The third-order valence-electron chi connectivity index (χ3n) is 4.96. The van der Waals surface area contributed by atoms with Crippen LogP contribution in [-0.4, -0.2) is 42.7 Å². The quantitative estimate of drug-likeness (QED) is 0.711. The number of aromatic nitrogens is 2. The lowest BCUT2D eigenvalue weighted by atomic mass is 10.1. The van der Waals surface area contributed by atoms with Gasteiger partial charge in [-0.05, 0) is 42.3 Å². The maximum Gasteiger partial charge on any atom is 0.227 e. The second kappa shape index (κ2) is 8.69. The third kappa shape index (κ3) is 4.57. The first kappa shape index (κ1) is 18.2. The largest absolute Gasteiger partial charge is 0.370 e. The fraction of sp³-hybridized carbons (Fsp3) is 0.273. The van der Waals surface area contributed by atoms with Crippen LogP contribution in [0.15, 0.2) is 66.9 Å². The predicted octanol–water partition coefficient (Wildman–Crippen LogP) is 3.60. The first-order valence-corrected chi connectivity index (χ1v) is 9.64. The summed E-state index contributed by atoms with van der Waals surface area (Å²) in [6.45, 7) is 4.44. The van der Waals surface area contributed by atoms with Crippen molar-refractivity contribution in [3.05, 3.63) is 78.2 Å². The van der Waals surface area contributed by atoms with Gasteiger partial charge in [0.15, 0.2) is 0 Å². The van der Waals surface area contributed by atoms with Crippen molar-refractivity contribution in [1.29, 1.82) is 0 Å². The molecule has 1 aliphatic heterocycles. The maximum absolute atomic E-state index is 13.0. The SMILES string of the molecule is Fc1ccc(CCNc2ccnc(N3CCN(c4ccccc4)CC3)n2)cc1. The summed E-state index contributed by atoms with van der Waals surface area (Å²) in [6, 6.07) is 19.0. The van der Waals surface area contributed by atoms with Gasteiger partial charge in [-0.3, -0.25) is 0 Å². The molecule has 0 unspecified atom stereocenters. The molecule has 28 heavy (non-hydrogen) atoms. The monoisotopic (exact) mass is 377 g/mol. The van der Waals surface area contributed by atoms with E-state index in [1.54, 1.807) is 6.20 Å². The van der Waals surface area contributed by atoms with Gasteiger partial charge in [0.25, 0.3) is 0 Å². The Balaban J connectivity index is 1.31. The molecule has 0 radical (unpaired) electrons. The molecule has 0 spiro atoms. The highest BCUT2D eigenvalue weighted by Crippen LogP contribution is 2.18. The zero-order chi connectivity index (χ0) is 19.2. The Morgan fingerprint density at radius 3 is 2.32 bits per heavy atom. The number of hydrogen-bond donors (Lipinski definition) is 1. The zero-order valence-electron chi connectivity index (χ0n) is 15.8. The van der Waals surface area contributed by atoms with Gasteiger partial charge in [-0.2, -0.15) is 4.98 Å². The number of piperazine rings is 1. The van der Waals surface area contributed by atoms with E-state index in [0.717, 1.165) is 56.5 Å².